The highest BCUT2D eigenvalue weighted by atomic mass is 19.1. The molecule has 3 aromatic rings. The zero-order valence-corrected chi connectivity index (χ0v) is 15.5. The maximum atomic E-state index is 13.1. The lowest BCUT2D eigenvalue weighted by molar-refractivity contribution is 0.592. The lowest BCUT2D eigenvalue weighted by Gasteiger charge is -2.23. The highest BCUT2D eigenvalue weighted by molar-refractivity contribution is 5.63. The van der Waals surface area contributed by atoms with Crippen LogP contribution in [0.5, 0.6) is 0 Å². The molecule has 2 N–H and O–H groups in total. The van der Waals surface area contributed by atoms with Gasteiger partial charge in [-0.25, -0.2) is 9.37 Å². The topological polar surface area (TPSA) is 49.8 Å². The van der Waals surface area contributed by atoms with Crippen molar-refractivity contribution in [3.8, 4) is 0 Å². The van der Waals surface area contributed by atoms with Crippen LogP contribution >= 0.6 is 0 Å². The molecule has 1 heterocycles. The summed E-state index contributed by atoms with van der Waals surface area (Å²) in [5, 5.41) is 6.52. The van der Waals surface area contributed by atoms with Crippen molar-refractivity contribution in [2.45, 2.75) is 33.1 Å². The van der Waals surface area contributed by atoms with Gasteiger partial charge < -0.3 is 10.6 Å². The quantitative estimate of drug-likeness (QED) is 0.633. The molecule has 0 amide bonds. The number of hydrogen-bond donors (Lipinski definition) is 2. The van der Waals surface area contributed by atoms with Crippen LogP contribution in [0.1, 0.15) is 32.0 Å². The fourth-order valence-electron chi connectivity index (χ4n) is 2.74. The molecule has 0 aliphatic heterocycles. The van der Waals surface area contributed by atoms with Crippen molar-refractivity contribution in [3.63, 3.8) is 0 Å². The molecule has 0 fully saturated rings. The number of halogens is 1. The summed E-state index contributed by atoms with van der Waals surface area (Å²) in [4.78, 5) is 9.03. The Labute approximate surface area is 153 Å². The molecule has 2 aromatic carbocycles. The third-order valence-corrected chi connectivity index (χ3v) is 3.95. The summed E-state index contributed by atoms with van der Waals surface area (Å²) in [5.41, 5.74) is 3.78. The molecule has 1 aromatic heterocycles. The summed E-state index contributed by atoms with van der Waals surface area (Å²) in [6.07, 6.45) is 0. The van der Waals surface area contributed by atoms with Crippen molar-refractivity contribution in [1.29, 1.82) is 0 Å². The first-order valence-electron chi connectivity index (χ1n) is 8.56. The summed E-state index contributed by atoms with van der Waals surface area (Å²) in [5.74, 6) is 0.904. The average Bonchev–Trinajstić information content (AvgIpc) is 2.56. The Hall–Kier alpha value is -2.95. The molecule has 134 valence electrons. The van der Waals surface area contributed by atoms with Crippen molar-refractivity contribution < 1.29 is 4.39 Å². The number of nitrogens with zero attached hydrogens (tertiary/aromatic N) is 2. The van der Waals surface area contributed by atoms with E-state index in [0.29, 0.717) is 11.8 Å². The van der Waals surface area contributed by atoms with Crippen LogP contribution in [0.25, 0.3) is 0 Å². The van der Waals surface area contributed by atoms with Crippen LogP contribution in [-0.4, -0.2) is 9.97 Å². The summed E-state index contributed by atoms with van der Waals surface area (Å²) >= 11 is 0. The Morgan fingerprint density at radius 3 is 2.27 bits per heavy atom. The minimum absolute atomic E-state index is 0.00259. The van der Waals surface area contributed by atoms with Gasteiger partial charge in [0.25, 0.3) is 0 Å². The van der Waals surface area contributed by atoms with E-state index in [0.717, 1.165) is 17.1 Å². The summed E-state index contributed by atoms with van der Waals surface area (Å²) < 4.78 is 13.1. The van der Waals surface area contributed by atoms with E-state index in [4.69, 9.17) is 0 Å². The van der Waals surface area contributed by atoms with Crippen LogP contribution in [0.4, 0.5) is 27.5 Å². The van der Waals surface area contributed by atoms with Crippen molar-refractivity contribution in [3.05, 3.63) is 71.7 Å². The summed E-state index contributed by atoms with van der Waals surface area (Å²) in [6.45, 7) is 8.43. The SMILES string of the molecule is Cc1cc(Nc2ccc(F)cc2)nc(Nc2ccccc2C(C)(C)C)n1. The lowest BCUT2D eigenvalue weighted by atomic mass is 9.86. The van der Waals surface area contributed by atoms with E-state index >= 15 is 0 Å². The minimum Gasteiger partial charge on any atom is -0.340 e. The predicted octanol–water partition coefficient (Wildman–Crippen LogP) is 5.71. The van der Waals surface area contributed by atoms with E-state index in [9.17, 15) is 4.39 Å². The normalized spacial score (nSPS) is 11.3. The van der Waals surface area contributed by atoms with Crippen LogP contribution in [0, 0.1) is 12.7 Å². The largest absolute Gasteiger partial charge is 0.340 e. The van der Waals surface area contributed by atoms with Crippen molar-refractivity contribution in [2.75, 3.05) is 10.6 Å². The van der Waals surface area contributed by atoms with Gasteiger partial charge in [-0.3, -0.25) is 0 Å². The second-order valence-corrected chi connectivity index (χ2v) is 7.27. The van der Waals surface area contributed by atoms with Crippen LogP contribution in [0.15, 0.2) is 54.6 Å². The number of para-hydroxylation sites is 1. The number of rotatable bonds is 4. The van der Waals surface area contributed by atoms with Crippen molar-refractivity contribution >= 4 is 23.1 Å². The standard InChI is InChI=1S/C21H23FN4/c1-14-13-19(24-16-11-9-15(22)10-12-16)26-20(23-14)25-18-8-6-5-7-17(18)21(2,3)4/h5-13H,1-4H3,(H2,23,24,25,26). The molecule has 0 saturated heterocycles. The third kappa shape index (κ3) is 4.36. The van der Waals surface area contributed by atoms with Gasteiger partial charge in [0.15, 0.2) is 0 Å². The Morgan fingerprint density at radius 1 is 0.885 bits per heavy atom. The molecule has 4 nitrogen and oxygen atoms in total. The molecule has 0 spiro atoms. The van der Waals surface area contributed by atoms with E-state index in [1.807, 2.05) is 31.2 Å². The van der Waals surface area contributed by atoms with Crippen LogP contribution < -0.4 is 10.6 Å². The molecule has 0 atom stereocenters. The van der Waals surface area contributed by atoms with Gasteiger partial charge in [-0.15, -0.1) is 0 Å². The molecular weight excluding hydrogens is 327 g/mol. The minimum atomic E-state index is -0.268. The average molecular weight is 350 g/mol. The zero-order chi connectivity index (χ0) is 18.7. The number of aromatic nitrogens is 2. The van der Waals surface area contributed by atoms with Gasteiger partial charge in [0.2, 0.25) is 5.95 Å². The van der Waals surface area contributed by atoms with Gasteiger partial charge in [0.1, 0.15) is 11.6 Å². The Balaban J connectivity index is 1.88. The maximum Gasteiger partial charge on any atom is 0.229 e. The first kappa shape index (κ1) is 17.9. The first-order chi connectivity index (χ1) is 12.3. The van der Waals surface area contributed by atoms with E-state index in [-0.39, 0.29) is 11.2 Å². The number of aryl methyl sites for hydroxylation is 1. The third-order valence-electron chi connectivity index (χ3n) is 3.95. The maximum absolute atomic E-state index is 13.1. The molecule has 0 bridgehead atoms. The molecule has 26 heavy (non-hydrogen) atoms. The van der Waals surface area contributed by atoms with E-state index in [2.05, 4.69) is 47.4 Å². The number of hydrogen-bond acceptors (Lipinski definition) is 4. The molecule has 5 heteroatoms. The number of nitrogens with one attached hydrogen (secondary N) is 2. The molecule has 0 aliphatic carbocycles. The molecule has 3 rings (SSSR count). The smallest absolute Gasteiger partial charge is 0.229 e. The first-order valence-corrected chi connectivity index (χ1v) is 8.56. The molecular formula is C21H23FN4. The zero-order valence-electron chi connectivity index (χ0n) is 15.5. The second-order valence-electron chi connectivity index (χ2n) is 7.27. The van der Waals surface area contributed by atoms with Crippen LogP contribution in [-0.2, 0) is 5.41 Å². The number of anilines is 4. The van der Waals surface area contributed by atoms with Gasteiger partial charge in [-0.2, -0.15) is 4.98 Å². The fourth-order valence-corrected chi connectivity index (χ4v) is 2.74. The molecule has 0 unspecified atom stereocenters. The van der Waals surface area contributed by atoms with Crippen LogP contribution in [0.2, 0.25) is 0 Å². The second kappa shape index (κ2) is 7.12. The summed E-state index contributed by atoms with van der Waals surface area (Å²) in [7, 11) is 0. The molecule has 0 aliphatic rings. The molecule has 0 saturated carbocycles. The van der Waals surface area contributed by atoms with E-state index in [1.54, 1.807) is 12.1 Å². The van der Waals surface area contributed by atoms with E-state index in [1.165, 1.54) is 17.7 Å². The summed E-state index contributed by atoms with van der Waals surface area (Å²) in [6, 6.07) is 16.2. The fraction of sp³-hybridized carbons (Fsp3) is 0.238. The highest BCUT2D eigenvalue weighted by Crippen LogP contribution is 2.31. The monoisotopic (exact) mass is 350 g/mol. The van der Waals surface area contributed by atoms with Gasteiger partial charge in [0, 0.05) is 23.1 Å². The Kier molecular flexibility index (Phi) is 4.89. The van der Waals surface area contributed by atoms with Crippen molar-refractivity contribution in [2.24, 2.45) is 0 Å². The van der Waals surface area contributed by atoms with Crippen LogP contribution in [0.3, 0.4) is 0 Å². The Morgan fingerprint density at radius 2 is 1.58 bits per heavy atom. The van der Waals surface area contributed by atoms with Crippen molar-refractivity contribution in [1.82, 2.24) is 9.97 Å². The van der Waals surface area contributed by atoms with Gasteiger partial charge >= 0.3 is 0 Å². The predicted molar refractivity (Wildman–Crippen MR) is 105 cm³/mol. The Bertz CT molecular complexity index is 899. The van der Waals surface area contributed by atoms with Gasteiger partial charge in [-0.1, -0.05) is 39.0 Å². The number of benzene rings is 2. The van der Waals surface area contributed by atoms with Gasteiger partial charge in [-0.05, 0) is 48.2 Å². The highest BCUT2D eigenvalue weighted by Gasteiger charge is 2.18. The lowest BCUT2D eigenvalue weighted by Crippen LogP contribution is -2.14. The van der Waals surface area contributed by atoms with E-state index < -0.39 is 0 Å². The van der Waals surface area contributed by atoms with Gasteiger partial charge in [0.05, 0.1) is 0 Å². The molecule has 0 radical (unpaired) electrons.